The summed E-state index contributed by atoms with van der Waals surface area (Å²) in [5, 5.41) is 12.4. The Morgan fingerprint density at radius 1 is 0.607 bits per heavy atom. The number of halogens is 1. The first-order chi connectivity index (χ1) is 29.7. The van der Waals surface area contributed by atoms with E-state index < -0.39 is 0 Å². The van der Waals surface area contributed by atoms with Gasteiger partial charge in [-0.2, -0.15) is 0 Å². The van der Waals surface area contributed by atoms with Gasteiger partial charge in [0.1, 0.15) is 0 Å². The SMILES string of the molecule is CCCCCCCC/C=C/CCCCCCCC([O-])=NCCC[N+](C)(C)CCCN(Cc1ccc(N(C)CCCl)cc1)C(=O)CCCCCC/C=C/CCCCCCCCC. The third-order valence-corrected chi connectivity index (χ3v) is 12.4. The van der Waals surface area contributed by atoms with E-state index in [9.17, 15) is 9.90 Å². The first kappa shape index (κ1) is 56.7. The predicted molar refractivity (Wildman–Crippen MR) is 268 cm³/mol. The van der Waals surface area contributed by atoms with Gasteiger partial charge in [-0.15, -0.1) is 11.6 Å². The van der Waals surface area contributed by atoms with Gasteiger partial charge in [0, 0.05) is 64.1 Å². The highest BCUT2D eigenvalue weighted by molar-refractivity contribution is 6.18. The molecular formula is C54H97ClN4O2. The predicted octanol–water partition coefficient (Wildman–Crippen LogP) is 14.4. The molecule has 0 aliphatic heterocycles. The summed E-state index contributed by atoms with van der Waals surface area (Å²) in [5.41, 5.74) is 2.31. The van der Waals surface area contributed by atoms with E-state index in [-0.39, 0.29) is 11.8 Å². The lowest BCUT2D eigenvalue weighted by molar-refractivity contribution is -0.890. The second-order valence-electron chi connectivity index (χ2n) is 18.6. The lowest BCUT2D eigenvalue weighted by Gasteiger charge is -2.31. The van der Waals surface area contributed by atoms with Gasteiger partial charge >= 0.3 is 0 Å². The minimum Gasteiger partial charge on any atom is -0.862 e. The van der Waals surface area contributed by atoms with Gasteiger partial charge in [-0.1, -0.05) is 153 Å². The number of amides is 1. The Bertz CT molecular complexity index is 1230. The summed E-state index contributed by atoms with van der Waals surface area (Å²) >= 11 is 5.98. The first-order valence-corrected chi connectivity index (χ1v) is 26.2. The molecule has 0 bridgehead atoms. The summed E-state index contributed by atoms with van der Waals surface area (Å²) in [6, 6.07) is 8.60. The summed E-state index contributed by atoms with van der Waals surface area (Å²) < 4.78 is 0.870. The van der Waals surface area contributed by atoms with Crippen molar-refractivity contribution >= 4 is 29.1 Å². The molecule has 0 saturated carbocycles. The topological polar surface area (TPSA) is 59.0 Å². The van der Waals surface area contributed by atoms with Crippen molar-refractivity contribution in [2.24, 2.45) is 4.99 Å². The number of nitrogens with zero attached hydrogens (tertiary/aromatic N) is 4. The second-order valence-corrected chi connectivity index (χ2v) is 19.0. The number of hydrogen-bond acceptors (Lipinski definition) is 4. The molecule has 1 aromatic rings. The molecule has 0 heterocycles. The maximum absolute atomic E-state index is 13.6. The van der Waals surface area contributed by atoms with Crippen LogP contribution in [0.25, 0.3) is 0 Å². The van der Waals surface area contributed by atoms with E-state index in [0.29, 0.717) is 31.8 Å². The molecule has 0 fully saturated rings. The Labute approximate surface area is 383 Å². The second kappa shape index (κ2) is 40.5. The van der Waals surface area contributed by atoms with E-state index in [0.717, 1.165) is 81.3 Å². The molecule has 352 valence electrons. The molecule has 1 amide bonds. The number of carbonyl (C=O) groups is 1. The summed E-state index contributed by atoms with van der Waals surface area (Å²) in [5.74, 6) is 0.935. The fraction of sp³-hybridized carbons (Fsp3) is 0.778. The average molecular weight is 870 g/mol. The number of benzene rings is 1. The number of rotatable bonds is 43. The van der Waals surface area contributed by atoms with Crippen molar-refractivity contribution in [3.63, 3.8) is 0 Å². The fourth-order valence-electron chi connectivity index (χ4n) is 8.06. The molecule has 0 atom stereocenters. The summed E-state index contributed by atoms with van der Waals surface area (Å²) in [6.07, 6.45) is 45.4. The highest BCUT2D eigenvalue weighted by atomic mass is 35.5. The van der Waals surface area contributed by atoms with Crippen LogP contribution in [0.5, 0.6) is 0 Å². The molecule has 6 nitrogen and oxygen atoms in total. The van der Waals surface area contributed by atoms with E-state index in [1.807, 2.05) is 0 Å². The number of quaternary nitrogens is 1. The average Bonchev–Trinajstić information content (AvgIpc) is 3.25. The van der Waals surface area contributed by atoms with Gasteiger partial charge in [0.15, 0.2) is 0 Å². The Morgan fingerprint density at radius 3 is 1.54 bits per heavy atom. The Balaban J connectivity index is 2.38. The van der Waals surface area contributed by atoms with E-state index >= 15 is 0 Å². The van der Waals surface area contributed by atoms with Gasteiger partial charge in [0.05, 0.1) is 27.2 Å². The quantitative estimate of drug-likeness (QED) is 0.0164. The van der Waals surface area contributed by atoms with Crippen LogP contribution in [-0.4, -0.2) is 80.9 Å². The lowest BCUT2D eigenvalue weighted by Crippen LogP contribution is -2.43. The van der Waals surface area contributed by atoms with Gasteiger partial charge in [0.2, 0.25) is 5.91 Å². The summed E-state index contributed by atoms with van der Waals surface area (Å²) in [6.45, 7) is 9.34. The normalized spacial score (nSPS) is 12.3. The minimum atomic E-state index is 0.0711. The van der Waals surface area contributed by atoms with Crippen LogP contribution in [-0.2, 0) is 11.3 Å². The zero-order valence-electron chi connectivity index (χ0n) is 40.8. The van der Waals surface area contributed by atoms with Crippen LogP contribution < -0.4 is 10.0 Å². The molecule has 0 unspecified atom stereocenters. The number of unbranched alkanes of at least 4 members (excludes halogenated alkanes) is 22. The van der Waals surface area contributed by atoms with E-state index in [2.05, 4.69) is 98.4 Å². The monoisotopic (exact) mass is 869 g/mol. The van der Waals surface area contributed by atoms with Crippen molar-refractivity contribution in [3.05, 3.63) is 54.1 Å². The van der Waals surface area contributed by atoms with Crippen molar-refractivity contribution in [1.82, 2.24) is 4.90 Å². The standard InChI is InChI=1S/C54H97ClN4O2/c1-6-8-10-12-14-16-18-20-22-24-26-28-30-32-34-38-53(60)56-45-36-48-59(4,5)49-37-46-58(50-51-40-42-52(43-41-51)57(3)47-44-55)54(61)39-35-33-31-29-27-25-23-21-19-17-15-13-11-9-7-2/h20,22-23,25,40-43H,6-19,21,24,26-39,44-50H2,1-5H3/b22-20+,25-23+. The summed E-state index contributed by atoms with van der Waals surface area (Å²) in [7, 11) is 6.59. The minimum absolute atomic E-state index is 0.0711. The van der Waals surface area contributed by atoms with E-state index in [1.54, 1.807) is 0 Å². The van der Waals surface area contributed by atoms with Gasteiger partial charge in [-0.3, -0.25) is 4.79 Å². The van der Waals surface area contributed by atoms with Crippen LogP contribution in [0, 0.1) is 0 Å². The molecule has 1 aromatic carbocycles. The molecule has 0 N–H and O–H groups in total. The Hall–Kier alpha value is -2.31. The third-order valence-electron chi connectivity index (χ3n) is 12.2. The van der Waals surface area contributed by atoms with Crippen molar-refractivity contribution in [1.29, 1.82) is 0 Å². The van der Waals surface area contributed by atoms with Crippen LogP contribution in [0.4, 0.5) is 5.69 Å². The highest BCUT2D eigenvalue weighted by Crippen LogP contribution is 2.18. The zero-order chi connectivity index (χ0) is 44.5. The van der Waals surface area contributed by atoms with Crippen molar-refractivity contribution in [3.8, 4) is 0 Å². The Morgan fingerprint density at radius 2 is 1.05 bits per heavy atom. The molecule has 0 saturated heterocycles. The number of allylic oxidation sites excluding steroid dienone is 4. The molecule has 0 spiro atoms. The maximum atomic E-state index is 13.6. The smallest absolute Gasteiger partial charge is 0.222 e. The molecular weight excluding hydrogens is 772 g/mol. The number of hydrogen-bond donors (Lipinski definition) is 0. The van der Waals surface area contributed by atoms with Gasteiger partial charge in [-0.05, 0) is 94.2 Å². The Kier molecular flexibility index (Phi) is 37.6. The van der Waals surface area contributed by atoms with Crippen LogP contribution in [0.3, 0.4) is 0 Å². The number of alkyl halides is 1. The van der Waals surface area contributed by atoms with Crippen molar-refractivity contribution < 1.29 is 14.4 Å². The van der Waals surface area contributed by atoms with Crippen LogP contribution in [0.2, 0.25) is 0 Å². The molecule has 61 heavy (non-hydrogen) atoms. The summed E-state index contributed by atoms with van der Waals surface area (Å²) in [4.78, 5) is 22.3. The zero-order valence-corrected chi connectivity index (χ0v) is 41.5. The van der Waals surface area contributed by atoms with Crippen LogP contribution >= 0.6 is 11.6 Å². The van der Waals surface area contributed by atoms with Gasteiger partial charge in [0.25, 0.3) is 0 Å². The largest absolute Gasteiger partial charge is 0.862 e. The number of aliphatic imine (C=N–C) groups is 1. The van der Waals surface area contributed by atoms with E-state index in [4.69, 9.17) is 11.6 Å². The lowest BCUT2D eigenvalue weighted by atomic mass is 10.1. The van der Waals surface area contributed by atoms with Crippen molar-refractivity contribution in [2.45, 2.75) is 213 Å². The molecule has 0 aliphatic rings. The molecule has 0 aromatic heterocycles. The molecule has 1 rings (SSSR count). The van der Waals surface area contributed by atoms with E-state index in [1.165, 1.54) is 140 Å². The maximum Gasteiger partial charge on any atom is 0.222 e. The van der Waals surface area contributed by atoms with Gasteiger partial charge < -0.3 is 24.4 Å². The molecule has 7 heteroatoms. The van der Waals surface area contributed by atoms with Crippen molar-refractivity contribution in [2.75, 3.05) is 64.6 Å². The van der Waals surface area contributed by atoms with Gasteiger partial charge in [-0.25, -0.2) is 0 Å². The van der Waals surface area contributed by atoms with Crippen LogP contribution in [0.1, 0.15) is 212 Å². The fourth-order valence-corrected chi connectivity index (χ4v) is 8.31. The third kappa shape index (κ3) is 34.8. The first-order valence-electron chi connectivity index (χ1n) is 25.7. The highest BCUT2D eigenvalue weighted by Gasteiger charge is 2.18. The number of carbonyl (C=O) groups excluding carboxylic acids is 1. The van der Waals surface area contributed by atoms with Crippen LogP contribution in [0.15, 0.2) is 53.6 Å². The number of anilines is 1. The molecule has 0 aliphatic carbocycles. The molecule has 0 radical (unpaired) electrons.